The number of aryl methyl sites for hydroxylation is 2. The topological polar surface area (TPSA) is 88.7 Å². The number of likely N-dealkylation sites (tertiary alicyclic amines) is 1. The first-order chi connectivity index (χ1) is 19.6. The quantitative estimate of drug-likeness (QED) is 0.238. The van der Waals surface area contributed by atoms with Crippen molar-refractivity contribution >= 4 is 16.9 Å². The molecule has 1 aliphatic heterocycles. The fraction of sp³-hybridized carbons (Fsp3) is 0.242. The Morgan fingerprint density at radius 3 is 2.45 bits per heavy atom. The summed E-state index contributed by atoms with van der Waals surface area (Å²) in [6, 6.07) is 32.9. The molecule has 1 fully saturated rings. The number of carbonyl (C=O) groups is 1. The third kappa shape index (κ3) is 5.90. The molecule has 7 nitrogen and oxygen atoms in total. The van der Waals surface area contributed by atoms with Gasteiger partial charge in [-0.3, -0.25) is 0 Å². The molecule has 1 aromatic heterocycles. The van der Waals surface area contributed by atoms with E-state index in [9.17, 15) is 9.90 Å². The van der Waals surface area contributed by atoms with E-state index in [-0.39, 0.29) is 12.0 Å². The highest BCUT2D eigenvalue weighted by molar-refractivity contribution is 5.82. The van der Waals surface area contributed by atoms with E-state index in [1.807, 2.05) is 42.5 Å². The Kier molecular flexibility index (Phi) is 7.55. The number of aromatic nitrogens is 2. The Hall–Kier alpha value is -4.49. The Morgan fingerprint density at radius 2 is 1.65 bits per heavy atom. The molecule has 1 saturated heterocycles. The number of amides is 1. The summed E-state index contributed by atoms with van der Waals surface area (Å²) in [7, 11) is 0. The number of benzene rings is 4. The molecule has 4 aromatic carbocycles. The maximum atomic E-state index is 11.7. The summed E-state index contributed by atoms with van der Waals surface area (Å²) in [5, 5.41) is 16.1. The maximum Gasteiger partial charge on any atom is 0.407 e. The second-order valence-corrected chi connectivity index (χ2v) is 10.3. The van der Waals surface area contributed by atoms with E-state index >= 15 is 0 Å². The smallest absolute Gasteiger partial charge is 0.407 e. The number of nitrogens with zero attached hydrogens (tertiary/aromatic N) is 3. The van der Waals surface area contributed by atoms with Crippen molar-refractivity contribution in [1.29, 1.82) is 0 Å². The van der Waals surface area contributed by atoms with Crippen LogP contribution in [-0.2, 0) is 24.2 Å². The molecule has 0 saturated carbocycles. The first-order valence-electron chi connectivity index (χ1n) is 13.7. The average molecular weight is 534 g/mol. The van der Waals surface area contributed by atoms with Gasteiger partial charge in [0.2, 0.25) is 0 Å². The molecule has 2 heterocycles. The third-order valence-corrected chi connectivity index (χ3v) is 7.64. The minimum Gasteiger partial charge on any atom is -0.465 e. The molecular weight excluding hydrogens is 502 g/mol. The maximum absolute atomic E-state index is 11.7. The number of carboxylic acid groups (broad SMARTS) is 1. The van der Waals surface area contributed by atoms with Gasteiger partial charge in [-0.05, 0) is 58.5 Å². The molecule has 0 bridgehead atoms. The van der Waals surface area contributed by atoms with E-state index in [1.165, 1.54) is 26.8 Å². The molecule has 1 amide bonds. The van der Waals surface area contributed by atoms with E-state index < -0.39 is 6.09 Å². The number of ether oxygens (including phenoxy) is 1. The highest BCUT2D eigenvalue weighted by Crippen LogP contribution is 2.32. The van der Waals surface area contributed by atoms with Crippen LogP contribution in [0.4, 0.5) is 4.79 Å². The molecule has 0 aliphatic carbocycles. The van der Waals surface area contributed by atoms with Gasteiger partial charge in [-0.15, -0.1) is 0 Å². The Morgan fingerprint density at radius 1 is 0.900 bits per heavy atom. The summed E-state index contributed by atoms with van der Waals surface area (Å²) in [4.78, 5) is 17.7. The van der Waals surface area contributed by atoms with Crippen LogP contribution in [0.25, 0.3) is 22.2 Å². The molecule has 1 N–H and O–H groups in total. The second kappa shape index (κ2) is 11.7. The molecule has 0 spiro atoms. The van der Waals surface area contributed by atoms with Crippen LogP contribution < -0.4 is 0 Å². The third-order valence-electron chi connectivity index (χ3n) is 7.64. The minimum absolute atomic E-state index is 0.121. The predicted molar refractivity (Wildman–Crippen MR) is 153 cm³/mol. The molecule has 5 aromatic rings. The lowest BCUT2D eigenvalue weighted by Gasteiger charge is -2.37. The number of hydrogen-bond donors (Lipinski definition) is 1. The number of piperidine rings is 1. The van der Waals surface area contributed by atoms with Crippen molar-refractivity contribution in [3.8, 4) is 11.5 Å². The zero-order valence-corrected chi connectivity index (χ0v) is 22.1. The van der Waals surface area contributed by atoms with Crippen LogP contribution in [0, 0.1) is 0 Å². The van der Waals surface area contributed by atoms with Crippen molar-refractivity contribution in [3.63, 3.8) is 0 Å². The summed E-state index contributed by atoms with van der Waals surface area (Å²) >= 11 is 0. The number of fused-ring (bicyclic) bond motifs is 1. The number of rotatable bonds is 8. The molecule has 2 atom stereocenters. The lowest BCUT2D eigenvalue weighted by molar-refractivity contribution is -0.0199. The average Bonchev–Trinajstić information content (AvgIpc) is 3.49. The fourth-order valence-electron chi connectivity index (χ4n) is 5.41. The van der Waals surface area contributed by atoms with Gasteiger partial charge in [0, 0.05) is 24.4 Å². The summed E-state index contributed by atoms with van der Waals surface area (Å²) < 4.78 is 11.8. The molecule has 6 rings (SSSR count). The zero-order valence-electron chi connectivity index (χ0n) is 22.1. The van der Waals surface area contributed by atoms with Crippen molar-refractivity contribution in [3.05, 3.63) is 120 Å². The van der Waals surface area contributed by atoms with E-state index in [4.69, 9.17) is 9.26 Å². The Bertz CT molecular complexity index is 1580. The van der Waals surface area contributed by atoms with Crippen molar-refractivity contribution in [2.75, 3.05) is 13.1 Å². The molecular formula is C33H31N3O4. The van der Waals surface area contributed by atoms with Gasteiger partial charge in [0.15, 0.2) is 5.82 Å². The largest absolute Gasteiger partial charge is 0.465 e. The molecule has 202 valence electrons. The van der Waals surface area contributed by atoms with Crippen LogP contribution in [0.2, 0.25) is 0 Å². The second-order valence-electron chi connectivity index (χ2n) is 10.3. The van der Waals surface area contributed by atoms with E-state index in [1.54, 1.807) is 0 Å². The first-order valence-corrected chi connectivity index (χ1v) is 13.7. The molecule has 2 unspecified atom stereocenters. The fourth-order valence-corrected chi connectivity index (χ4v) is 5.41. The van der Waals surface area contributed by atoms with E-state index in [0.717, 1.165) is 24.0 Å². The van der Waals surface area contributed by atoms with Gasteiger partial charge >= 0.3 is 6.09 Å². The Labute approximate surface area is 233 Å². The summed E-state index contributed by atoms with van der Waals surface area (Å²) in [6.07, 6.45) is 1.08. The van der Waals surface area contributed by atoms with Crippen molar-refractivity contribution < 1.29 is 19.2 Å². The minimum atomic E-state index is -0.898. The predicted octanol–water partition coefficient (Wildman–Crippen LogP) is 6.73. The molecule has 7 heteroatoms. The van der Waals surface area contributed by atoms with Crippen molar-refractivity contribution in [1.82, 2.24) is 15.0 Å². The number of hydrogen-bond acceptors (Lipinski definition) is 5. The van der Waals surface area contributed by atoms with Gasteiger partial charge in [-0.1, -0.05) is 84.0 Å². The standard InChI is InChI=1S/C33H31N3O4/c37-33(38)36-19-18-29(30(21-36)39-22-24-12-14-25-6-4-5-9-28(25)20-24)26-15-10-23(11-16-26)13-17-31-34-32(40-35-31)27-7-2-1-3-8-27/h1-12,14-16,20,29-30H,13,17-19,21-22H2,(H,37,38). The van der Waals surface area contributed by atoms with Gasteiger partial charge < -0.3 is 19.3 Å². The van der Waals surface area contributed by atoms with Crippen LogP contribution in [0.3, 0.4) is 0 Å². The van der Waals surface area contributed by atoms with Gasteiger partial charge in [0.1, 0.15) is 0 Å². The summed E-state index contributed by atoms with van der Waals surface area (Å²) in [5.41, 5.74) is 4.35. The van der Waals surface area contributed by atoms with E-state index in [2.05, 4.69) is 64.7 Å². The monoisotopic (exact) mass is 533 g/mol. The van der Waals surface area contributed by atoms with Gasteiger partial charge in [-0.25, -0.2) is 4.79 Å². The lowest BCUT2D eigenvalue weighted by Crippen LogP contribution is -2.46. The van der Waals surface area contributed by atoms with Crippen molar-refractivity contribution in [2.45, 2.75) is 37.9 Å². The van der Waals surface area contributed by atoms with Crippen LogP contribution in [0.5, 0.6) is 0 Å². The zero-order chi connectivity index (χ0) is 27.3. The van der Waals surface area contributed by atoms with Crippen LogP contribution in [0.1, 0.15) is 34.9 Å². The Balaban J connectivity index is 1.11. The van der Waals surface area contributed by atoms with Crippen LogP contribution >= 0.6 is 0 Å². The van der Waals surface area contributed by atoms with Gasteiger partial charge in [0.05, 0.1) is 19.3 Å². The SMILES string of the molecule is O=C(O)N1CCC(c2ccc(CCc3noc(-c4ccccc4)n3)cc2)C(OCc2ccc3ccccc3c2)C1. The summed E-state index contributed by atoms with van der Waals surface area (Å²) in [6.45, 7) is 1.29. The van der Waals surface area contributed by atoms with E-state index in [0.29, 0.717) is 37.8 Å². The molecule has 1 aliphatic rings. The highest BCUT2D eigenvalue weighted by atomic mass is 16.5. The van der Waals surface area contributed by atoms with Gasteiger partial charge in [0.25, 0.3) is 5.89 Å². The van der Waals surface area contributed by atoms with Crippen molar-refractivity contribution in [2.24, 2.45) is 0 Å². The van der Waals surface area contributed by atoms with Crippen LogP contribution in [-0.4, -0.2) is 45.4 Å². The van der Waals surface area contributed by atoms with Gasteiger partial charge in [-0.2, -0.15) is 4.98 Å². The highest BCUT2D eigenvalue weighted by Gasteiger charge is 2.33. The summed E-state index contributed by atoms with van der Waals surface area (Å²) in [5.74, 6) is 1.34. The normalized spacial score (nSPS) is 17.2. The first kappa shape index (κ1) is 25.8. The molecule has 40 heavy (non-hydrogen) atoms. The molecule has 0 radical (unpaired) electrons. The lowest BCUT2D eigenvalue weighted by atomic mass is 9.86. The van der Waals surface area contributed by atoms with Crippen LogP contribution in [0.15, 0.2) is 102 Å².